The van der Waals surface area contributed by atoms with Gasteiger partial charge in [0, 0.05) is 38.6 Å². The van der Waals surface area contributed by atoms with Gasteiger partial charge in [-0.2, -0.15) is 0 Å². The fourth-order valence-corrected chi connectivity index (χ4v) is 2.81. The van der Waals surface area contributed by atoms with E-state index in [4.69, 9.17) is 5.73 Å². The van der Waals surface area contributed by atoms with Crippen LogP contribution in [0.3, 0.4) is 0 Å². The Morgan fingerprint density at radius 1 is 1.38 bits per heavy atom. The lowest BCUT2D eigenvalue weighted by Gasteiger charge is -2.39. The van der Waals surface area contributed by atoms with Gasteiger partial charge in [0.2, 0.25) is 5.91 Å². The Hall–Kier alpha value is -0.610. The lowest BCUT2D eigenvalue weighted by atomic mass is 10.0. The molecule has 1 saturated heterocycles. The molecule has 0 bridgehead atoms. The van der Waals surface area contributed by atoms with Crippen molar-refractivity contribution in [3.8, 4) is 0 Å². The molecule has 1 aliphatic heterocycles. The summed E-state index contributed by atoms with van der Waals surface area (Å²) in [5.41, 5.74) is 5.59. The summed E-state index contributed by atoms with van der Waals surface area (Å²) in [6, 6.07) is 0.977. The number of nitrogens with two attached hydrogens (primary N) is 1. The highest BCUT2D eigenvalue weighted by Crippen LogP contribution is 2.31. The predicted octanol–water partition coefficient (Wildman–Crippen LogP) is 0.420. The SMILES string of the molecule is CC(=O)N(C1CC1)[C@H]1CCCN(CCN)C1. The predicted molar refractivity (Wildman–Crippen MR) is 64.1 cm³/mol. The number of likely N-dealkylation sites (tertiary alicyclic amines) is 1. The molecule has 0 spiro atoms. The molecule has 2 rings (SSSR count). The van der Waals surface area contributed by atoms with E-state index in [1.807, 2.05) is 0 Å². The van der Waals surface area contributed by atoms with Crippen molar-refractivity contribution >= 4 is 5.91 Å². The summed E-state index contributed by atoms with van der Waals surface area (Å²) in [6.07, 6.45) is 4.76. The minimum absolute atomic E-state index is 0.252. The fourth-order valence-electron chi connectivity index (χ4n) is 2.81. The average Bonchev–Trinajstić information content (AvgIpc) is 3.03. The third kappa shape index (κ3) is 2.74. The minimum Gasteiger partial charge on any atom is -0.336 e. The molecule has 0 unspecified atom stereocenters. The second-order valence-electron chi connectivity index (χ2n) is 5.04. The number of hydrogen-bond donors (Lipinski definition) is 1. The molecule has 2 N–H and O–H groups in total. The quantitative estimate of drug-likeness (QED) is 0.754. The zero-order chi connectivity index (χ0) is 11.5. The Bertz CT molecular complexity index is 251. The van der Waals surface area contributed by atoms with Gasteiger partial charge in [-0.05, 0) is 32.2 Å². The van der Waals surface area contributed by atoms with E-state index in [9.17, 15) is 4.79 Å². The second kappa shape index (κ2) is 5.15. The molecule has 1 saturated carbocycles. The van der Waals surface area contributed by atoms with E-state index in [0.717, 1.165) is 32.6 Å². The summed E-state index contributed by atoms with van der Waals surface area (Å²) in [5, 5.41) is 0. The topological polar surface area (TPSA) is 49.6 Å². The normalized spacial score (nSPS) is 26.8. The van der Waals surface area contributed by atoms with Gasteiger partial charge in [-0.1, -0.05) is 0 Å². The van der Waals surface area contributed by atoms with Gasteiger partial charge in [0.25, 0.3) is 0 Å². The summed E-state index contributed by atoms with van der Waals surface area (Å²) < 4.78 is 0. The number of rotatable bonds is 4. The largest absolute Gasteiger partial charge is 0.336 e. The highest BCUT2D eigenvalue weighted by Gasteiger charge is 2.37. The van der Waals surface area contributed by atoms with Crippen molar-refractivity contribution in [1.82, 2.24) is 9.80 Å². The second-order valence-corrected chi connectivity index (χ2v) is 5.04. The van der Waals surface area contributed by atoms with Crippen LogP contribution in [0.15, 0.2) is 0 Å². The van der Waals surface area contributed by atoms with Crippen LogP contribution in [0.4, 0.5) is 0 Å². The smallest absolute Gasteiger partial charge is 0.219 e. The first kappa shape index (κ1) is 11.9. The maximum absolute atomic E-state index is 11.7. The van der Waals surface area contributed by atoms with Gasteiger partial charge >= 0.3 is 0 Å². The molecular formula is C12H23N3O. The number of nitrogens with zero attached hydrogens (tertiary/aromatic N) is 2. The maximum atomic E-state index is 11.7. The van der Waals surface area contributed by atoms with E-state index >= 15 is 0 Å². The molecule has 92 valence electrons. The molecule has 1 heterocycles. The molecule has 2 aliphatic rings. The Balaban J connectivity index is 1.93. The van der Waals surface area contributed by atoms with Crippen LogP contribution in [0.1, 0.15) is 32.6 Å². The Morgan fingerprint density at radius 2 is 2.12 bits per heavy atom. The first-order valence-corrected chi connectivity index (χ1v) is 6.43. The standard InChI is InChI=1S/C12H23N3O/c1-10(16)15(11-4-5-11)12-3-2-7-14(9-12)8-6-13/h11-12H,2-9,13H2,1H3/t12-/m0/s1. The zero-order valence-electron chi connectivity index (χ0n) is 10.2. The third-order valence-electron chi connectivity index (χ3n) is 3.62. The van der Waals surface area contributed by atoms with Gasteiger partial charge < -0.3 is 15.5 Å². The number of hydrogen-bond acceptors (Lipinski definition) is 3. The van der Waals surface area contributed by atoms with Crippen LogP contribution < -0.4 is 5.73 Å². The molecule has 1 atom stereocenters. The van der Waals surface area contributed by atoms with E-state index in [-0.39, 0.29) is 5.91 Å². The van der Waals surface area contributed by atoms with Crippen molar-refractivity contribution in [1.29, 1.82) is 0 Å². The molecule has 0 aromatic heterocycles. The molecule has 0 radical (unpaired) electrons. The summed E-state index contributed by atoms with van der Waals surface area (Å²) >= 11 is 0. The zero-order valence-corrected chi connectivity index (χ0v) is 10.2. The van der Waals surface area contributed by atoms with E-state index in [2.05, 4.69) is 9.80 Å². The van der Waals surface area contributed by atoms with Crippen molar-refractivity contribution in [3.63, 3.8) is 0 Å². The summed E-state index contributed by atoms with van der Waals surface area (Å²) in [5.74, 6) is 0.252. The van der Waals surface area contributed by atoms with Crippen molar-refractivity contribution in [2.24, 2.45) is 5.73 Å². The highest BCUT2D eigenvalue weighted by molar-refractivity contribution is 5.74. The minimum atomic E-state index is 0.252. The molecule has 1 aliphatic carbocycles. The Labute approximate surface area is 97.8 Å². The first-order chi connectivity index (χ1) is 7.72. The third-order valence-corrected chi connectivity index (χ3v) is 3.62. The summed E-state index contributed by atoms with van der Waals surface area (Å²) in [7, 11) is 0. The molecule has 2 fully saturated rings. The van der Waals surface area contributed by atoms with Gasteiger partial charge in [-0.25, -0.2) is 0 Å². The number of piperidine rings is 1. The lowest BCUT2D eigenvalue weighted by molar-refractivity contribution is -0.133. The van der Waals surface area contributed by atoms with Crippen LogP contribution in [0.25, 0.3) is 0 Å². The van der Waals surface area contributed by atoms with E-state index < -0.39 is 0 Å². The highest BCUT2D eigenvalue weighted by atomic mass is 16.2. The molecule has 0 aromatic carbocycles. The summed E-state index contributed by atoms with van der Waals surface area (Å²) in [4.78, 5) is 16.2. The number of carbonyl (C=O) groups is 1. The number of carbonyl (C=O) groups excluding carboxylic acids is 1. The van der Waals surface area contributed by atoms with Crippen LogP contribution >= 0.6 is 0 Å². The summed E-state index contributed by atoms with van der Waals surface area (Å²) in [6.45, 7) is 5.56. The molecule has 1 amide bonds. The fraction of sp³-hybridized carbons (Fsp3) is 0.917. The van der Waals surface area contributed by atoms with Crippen molar-refractivity contribution in [2.45, 2.75) is 44.7 Å². The van der Waals surface area contributed by atoms with Crippen molar-refractivity contribution in [3.05, 3.63) is 0 Å². The van der Waals surface area contributed by atoms with E-state index in [1.165, 1.54) is 19.3 Å². The van der Waals surface area contributed by atoms with Crippen LogP contribution in [0.2, 0.25) is 0 Å². The van der Waals surface area contributed by atoms with Crippen LogP contribution in [-0.4, -0.2) is 54.0 Å². The Kier molecular flexibility index (Phi) is 3.82. The lowest BCUT2D eigenvalue weighted by Crippen LogP contribution is -2.51. The van der Waals surface area contributed by atoms with Crippen molar-refractivity contribution in [2.75, 3.05) is 26.2 Å². The Morgan fingerprint density at radius 3 is 2.69 bits per heavy atom. The average molecular weight is 225 g/mol. The molecule has 16 heavy (non-hydrogen) atoms. The maximum Gasteiger partial charge on any atom is 0.219 e. The first-order valence-electron chi connectivity index (χ1n) is 6.43. The monoisotopic (exact) mass is 225 g/mol. The van der Waals surface area contributed by atoms with Crippen LogP contribution in [-0.2, 0) is 4.79 Å². The van der Waals surface area contributed by atoms with Crippen molar-refractivity contribution < 1.29 is 4.79 Å². The molecule has 4 heteroatoms. The van der Waals surface area contributed by atoms with E-state index in [0.29, 0.717) is 12.1 Å². The van der Waals surface area contributed by atoms with Gasteiger partial charge in [-0.3, -0.25) is 4.79 Å². The number of amides is 1. The van der Waals surface area contributed by atoms with Crippen LogP contribution in [0, 0.1) is 0 Å². The molecular weight excluding hydrogens is 202 g/mol. The molecule has 0 aromatic rings. The van der Waals surface area contributed by atoms with Gasteiger partial charge in [0.15, 0.2) is 0 Å². The molecule has 4 nitrogen and oxygen atoms in total. The van der Waals surface area contributed by atoms with E-state index in [1.54, 1.807) is 6.92 Å². The van der Waals surface area contributed by atoms with Gasteiger partial charge in [0.1, 0.15) is 0 Å². The van der Waals surface area contributed by atoms with Crippen LogP contribution in [0.5, 0.6) is 0 Å². The van der Waals surface area contributed by atoms with Gasteiger partial charge in [0.05, 0.1) is 0 Å². The van der Waals surface area contributed by atoms with Gasteiger partial charge in [-0.15, -0.1) is 0 Å².